The highest BCUT2D eigenvalue weighted by molar-refractivity contribution is 8.13. The van der Waals surface area contributed by atoms with Crippen LogP contribution in [0.2, 0.25) is 0 Å². The number of rotatable bonds is 5. The largest absolute Gasteiger partial charge is 0.497 e. The normalized spacial score (nSPS) is 9.24. The highest BCUT2D eigenvalue weighted by Gasteiger charge is 2.05. The molecule has 90 valence electrons. The van der Waals surface area contributed by atoms with Crippen molar-refractivity contribution in [2.24, 2.45) is 4.99 Å². The maximum absolute atomic E-state index is 11.4. The van der Waals surface area contributed by atoms with Crippen molar-refractivity contribution < 1.29 is 14.3 Å². The summed E-state index contributed by atoms with van der Waals surface area (Å²) in [6, 6.07) is 6.80. The van der Waals surface area contributed by atoms with E-state index in [1.165, 1.54) is 0 Å². The summed E-state index contributed by atoms with van der Waals surface area (Å²) in [5.74, 6) is 1.73. The van der Waals surface area contributed by atoms with Gasteiger partial charge in [-0.2, -0.15) is 0 Å². The molecule has 0 unspecified atom stereocenters. The van der Waals surface area contributed by atoms with Crippen LogP contribution in [0.4, 0.5) is 4.79 Å². The van der Waals surface area contributed by atoms with Crippen LogP contribution in [0, 0.1) is 0 Å². The third-order valence-electron chi connectivity index (χ3n) is 1.75. The summed E-state index contributed by atoms with van der Waals surface area (Å²) in [5.41, 5.74) is 0. The third-order valence-corrected chi connectivity index (χ3v) is 2.58. The number of hydrogen-bond acceptors (Lipinski definition) is 6. The lowest BCUT2D eigenvalue weighted by atomic mass is 10.3. The second-order valence-corrected chi connectivity index (χ2v) is 4.06. The number of carbonyl (C=O) groups excluding carboxylic acids is 1. The summed E-state index contributed by atoms with van der Waals surface area (Å²) in [7, 11) is 1.58. The van der Waals surface area contributed by atoms with Crippen molar-refractivity contribution in [1.29, 1.82) is 0 Å². The molecule has 0 N–H and O–H groups in total. The van der Waals surface area contributed by atoms with E-state index in [0.29, 0.717) is 23.8 Å². The van der Waals surface area contributed by atoms with E-state index in [0.717, 1.165) is 11.8 Å². The molecule has 1 rings (SSSR count). The molecule has 0 aliphatic rings. The van der Waals surface area contributed by atoms with Crippen LogP contribution in [-0.2, 0) is 0 Å². The summed E-state index contributed by atoms with van der Waals surface area (Å²) in [6.45, 7) is 0.464. The van der Waals surface area contributed by atoms with Crippen LogP contribution in [0.25, 0.3) is 0 Å². The van der Waals surface area contributed by atoms with Crippen LogP contribution in [0.15, 0.2) is 29.3 Å². The van der Waals surface area contributed by atoms with Crippen LogP contribution in [0.5, 0.6) is 11.5 Å². The monoisotopic (exact) mass is 269 g/mol. The van der Waals surface area contributed by atoms with Gasteiger partial charge in [-0.25, -0.2) is 9.79 Å². The molecular formula is C11H11NO3S2. The van der Waals surface area contributed by atoms with E-state index >= 15 is 0 Å². The quantitative estimate of drug-likeness (QED) is 0.356. The molecule has 6 heteroatoms. The molecule has 0 heterocycles. The number of thioether (sulfide) groups is 1. The fraction of sp³-hybridized carbons (Fsp3) is 0.273. The molecule has 17 heavy (non-hydrogen) atoms. The zero-order valence-electron chi connectivity index (χ0n) is 9.21. The van der Waals surface area contributed by atoms with E-state index in [1.54, 1.807) is 31.4 Å². The molecule has 0 saturated heterocycles. The van der Waals surface area contributed by atoms with Gasteiger partial charge < -0.3 is 9.47 Å². The Hall–Kier alpha value is -1.36. The highest BCUT2D eigenvalue weighted by atomic mass is 32.2. The lowest BCUT2D eigenvalue weighted by molar-refractivity contribution is 0.227. The molecule has 0 spiro atoms. The van der Waals surface area contributed by atoms with Gasteiger partial charge in [-0.05, 0) is 48.2 Å². The molecule has 0 amide bonds. The maximum Gasteiger partial charge on any atom is 0.372 e. The van der Waals surface area contributed by atoms with Crippen molar-refractivity contribution >= 4 is 34.4 Å². The first-order valence-electron chi connectivity index (χ1n) is 4.78. The minimum Gasteiger partial charge on any atom is -0.497 e. The number of aliphatic imine (C=N–C) groups is 1. The fourth-order valence-corrected chi connectivity index (χ4v) is 1.59. The zero-order valence-corrected chi connectivity index (χ0v) is 10.8. The Labute approximate surface area is 109 Å². The van der Waals surface area contributed by atoms with Crippen LogP contribution < -0.4 is 9.47 Å². The molecule has 0 radical (unpaired) electrons. The Balaban J connectivity index is 2.36. The van der Waals surface area contributed by atoms with Crippen LogP contribution in [0.3, 0.4) is 0 Å². The Bertz CT molecular complexity index is 413. The number of hydrogen-bond donors (Lipinski definition) is 0. The molecule has 0 saturated carbocycles. The standard InChI is InChI=1S/C11H11NO3S2/c1-14-9-2-4-10(5-3-9)15-11(13)17-7-6-12-8-16/h2-5H,6-7H2,1H3. The topological polar surface area (TPSA) is 47.9 Å². The van der Waals surface area contributed by atoms with E-state index in [-0.39, 0.29) is 5.30 Å². The number of thiocarbonyl (C=S) groups is 1. The number of nitrogens with zero attached hydrogens (tertiary/aromatic N) is 1. The average molecular weight is 269 g/mol. The van der Waals surface area contributed by atoms with E-state index in [9.17, 15) is 4.79 Å². The SMILES string of the molecule is COc1ccc(OC(=O)SCCN=C=S)cc1. The summed E-state index contributed by atoms with van der Waals surface area (Å²) in [6.07, 6.45) is 0. The van der Waals surface area contributed by atoms with Gasteiger partial charge >= 0.3 is 5.30 Å². The third kappa shape index (κ3) is 5.49. The fourth-order valence-electron chi connectivity index (χ4n) is 0.990. The van der Waals surface area contributed by atoms with Crippen molar-refractivity contribution in [1.82, 2.24) is 0 Å². The van der Waals surface area contributed by atoms with Gasteiger partial charge in [0.25, 0.3) is 0 Å². The van der Waals surface area contributed by atoms with Crippen molar-refractivity contribution in [2.45, 2.75) is 0 Å². The summed E-state index contributed by atoms with van der Waals surface area (Å²) >= 11 is 5.45. The van der Waals surface area contributed by atoms with Crippen molar-refractivity contribution in [3.05, 3.63) is 24.3 Å². The van der Waals surface area contributed by atoms with Gasteiger partial charge in [0.1, 0.15) is 11.5 Å². The number of ether oxygens (including phenoxy) is 2. The summed E-state index contributed by atoms with van der Waals surface area (Å²) < 4.78 is 10.1. The molecule has 0 aromatic heterocycles. The first-order valence-corrected chi connectivity index (χ1v) is 6.18. The Kier molecular flexibility index (Phi) is 6.32. The second-order valence-electron chi connectivity index (χ2n) is 2.85. The Morgan fingerprint density at radius 2 is 2.06 bits per heavy atom. The summed E-state index contributed by atoms with van der Waals surface area (Å²) in [4.78, 5) is 15.0. The molecule has 0 aliphatic heterocycles. The van der Waals surface area contributed by atoms with Crippen molar-refractivity contribution in [2.75, 3.05) is 19.4 Å². The van der Waals surface area contributed by atoms with Crippen molar-refractivity contribution in [3.8, 4) is 11.5 Å². The number of isothiocyanates is 1. The second kappa shape index (κ2) is 7.84. The van der Waals surface area contributed by atoms with Crippen molar-refractivity contribution in [3.63, 3.8) is 0 Å². The van der Waals surface area contributed by atoms with Gasteiger partial charge in [-0.1, -0.05) is 0 Å². The molecule has 1 aromatic carbocycles. The van der Waals surface area contributed by atoms with Gasteiger partial charge in [0.2, 0.25) is 0 Å². The van der Waals surface area contributed by atoms with Gasteiger partial charge in [-0.15, -0.1) is 0 Å². The molecule has 1 aromatic rings. The first-order chi connectivity index (χ1) is 8.26. The molecular weight excluding hydrogens is 258 g/mol. The van der Waals surface area contributed by atoms with Crippen LogP contribution in [0.1, 0.15) is 0 Å². The lowest BCUT2D eigenvalue weighted by Crippen LogP contribution is -2.02. The number of carbonyl (C=O) groups is 1. The molecule has 0 atom stereocenters. The first kappa shape index (κ1) is 13.7. The van der Waals surface area contributed by atoms with Gasteiger partial charge in [-0.3, -0.25) is 0 Å². The van der Waals surface area contributed by atoms with Crippen LogP contribution in [-0.4, -0.2) is 29.9 Å². The minimum atomic E-state index is -0.366. The number of methoxy groups -OCH3 is 1. The maximum atomic E-state index is 11.4. The van der Waals surface area contributed by atoms with Gasteiger partial charge in [0, 0.05) is 5.75 Å². The molecule has 0 fully saturated rings. The van der Waals surface area contributed by atoms with E-state index in [4.69, 9.17) is 9.47 Å². The molecule has 0 aliphatic carbocycles. The van der Waals surface area contributed by atoms with Gasteiger partial charge in [0.15, 0.2) is 0 Å². The predicted octanol–water partition coefficient (Wildman–Crippen LogP) is 3.03. The number of benzene rings is 1. The van der Waals surface area contributed by atoms with E-state index < -0.39 is 0 Å². The van der Waals surface area contributed by atoms with Crippen LogP contribution >= 0.6 is 24.0 Å². The Morgan fingerprint density at radius 3 is 2.65 bits per heavy atom. The van der Waals surface area contributed by atoms with E-state index in [1.807, 2.05) is 0 Å². The van der Waals surface area contributed by atoms with Gasteiger partial charge in [0.05, 0.1) is 18.8 Å². The highest BCUT2D eigenvalue weighted by Crippen LogP contribution is 2.19. The minimum absolute atomic E-state index is 0.366. The predicted molar refractivity (Wildman–Crippen MR) is 71.4 cm³/mol. The smallest absolute Gasteiger partial charge is 0.372 e. The van der Waals surface area contributed by atoms with E-state index in [2.05, 4.69) is 22.4 Å². The summed E-state index contributed by atoms with van der Waals surface area (Å²) in [5, 5.41) is 1.87. The lowest BCUT2D eigenvalue weighted by Gasteiger charge is -2.04. The zero-order chi connectivity index (χ0) is 12.5. The average Bonchev–Trinajstić information content (AvgIpc) is 2.36. The molecule has 4 nitrogen and oxygen atoms in total. The Morgan fingerprint density at radius 1 is 1.41 bits per heavy atom. The molecule has 0 bridgehead atoms.